The molecule has 1 N–H and O–H groups in total. The summed E-state index contributed by atoms with van der Waals surface area (Å²) in [6, 6.07) is 14.6. The standard InChI is InChI=1S/C24H29N3O5S/c1-4-32-14-8-13-27-23(29)21(33-24(27)25-17-9-6-5-7-10-17)16-22(28)26-19-12-11-18(30-2)15-20(19)31-3/h5-7,9-12,15,21H,4,8,13-14,16H2,1-3H3,(H,26,28). The van der Waals surface area contributed by atoms with Crippen LogP contribution >= 0.6 is 11.8 Å². The van der Waals surface area contributed by atoms with E-state index in [2.05, 4.69) is 10.3 Å². The minimum absolute atomic E-state index is 0.0223. The molecule has 1 atom stereocenters. The van der Waals surface area contributed by atoms with Crippen LogP contribution in [0.3, 0.4) is 0 Å². The second-order valence-corrected chi connectivity index (χ2v) is 8.37. The number of rotatable bonds is 11. The lowest BCUT2D eigenvalue weighted by Crippen LogP contribution is -2.34. The van der Waals surface area contributed by atoms with Crippen molar-refractivity contribution in [3.05, 3.63) is 48.5 Å². The first-order chi connectivity index (χ1) is 16.0. The molecule has 1 aliphatic rings. The average Bonchev–Trinajstić information content (AvgIpc) is 3.11. The van der Waals surface area contributed by atoms with Crippen molar-refractivity contribution in [3.8, 4) is 11.5 Å². The third-order valence-corrected chi connectivity index (χ3v) is 6.10. The summed E-state index contributed by atoms with van der Waals surface area (Å²) in [5.74, 6) is 0.704. The maximum Gasteiger partial charge on any atom is 0.242 e. The van der Waals surface area contributed by atoms with Crippen LogP contribution in [-0.4, -0.2) is 61.1 Å². The molecule has 0 saturated carbocycles. The molecule has 1 saturated heterocycles. The Kier molecular flexibility index (Phi) is 9.14. The van der Waals surface area contributed by atoms with Gasteiger partial charge in [0.1, 0.15) is 16.7 Å². The normalized spacial score (nSPS) is 16.8. The molecule has 33 heavy (non-hydrogen) atoms. The molecule has 1 unspecified atom stereocenters. The van der Waals surface area contributed by atoms with Gasteiger partial charge in [-0.2, -0.15) is 0 Å². The van der Waals surface area contributed by atoms with Gasteiger partial charge in [-0.05, 0) is 37.6 Å². The molecule has 176 valence electrons. The van der Waals surface area contributed by atoms with Crippen molar-refractivity contribution in [2.24, 2.45) is 4.99 Å². The molecule has 2 amide bonds. The van der Waals surface area contributed by atoms with Crippen LogP contribution in [0.4, 0.5) is 11.4 Å². The average molecular weight is 472 g/mol. The fourth-order valence-corrected chi connectivity index (χ4v) is 4.47. The van der Waals surface area contributed by atoms with Crippen molar-refractivity contribution in [2.75, 3.05) is 39.3 Å². The number of methoxy groups -OCH3 is 2. The lowest BCUT2D eigenvalue weighted by molar-refractivity contribution is -0.128. The summed E-state index contributed by atoms with van der Waals surface area (Å²) in [5, 5.41) is 2.88. The molecule has 1 fully saturated rings. The third-order valence-electron chi connectivity index (χ3n) is 4.93. The number of para-hydroxylation sites is 1. The van der Waals surface area contributed by atoms with Crippen LogP contribution in [0.2, 0.25) is 0 Å². The van der Waals surface area contributed by atoms with Crippen LogP contribution in [0, 0.1) is 0 Å². The molecular formula is C24H29N3O5S. The highest BCUT2D eigenvalue weighted by atomic mass is 32.2. The number of thioether (sulfide) groups is 1. The van der Waals surface area contributed by atoms with Crippen LogP contribution in [0.25, 0.3) is 0 Å². The highest BCUT2D eigenvalue weighted by Crippen LogP contribution is 2.33. The zero-order valence-corrected chi connectivity index (χ0v) is 19.9. The van der Waals surface area contributed by atoms with E-state index in [-0.39, 0.29) is 18.2 Å². The van der Waals surface area contributed by atoms with Gasteiger partial charge in [-0.25, -0.2) is 4.99 Å². The van der Waals surface area contributed by atoms with Crippen molar-refractivity contribution in [1.82, 2.24) is 4.90 Å². The molecular weight excluding hydrogens is 442 g/mol. The topological polar surface area (TPSA) is 89.5 Å². The SMILES string of the molecule is CCOCCCN1C(=O)C(CC(=O)Nc2ccc(OC)cc2OC)SC1=Nc1ccccc1. The summed E-state index contributed by atoms with van der Waals surface area (Å²) in [5.41, 5.74) is 1.28. The lowest BCUT2D eigenvalue weighted by Gasteiger charge is -2.16. The number of carbonyl (C=O) groups is 2. The Morgan fingerprint density at radius 3 is 2.64 bits per heavy atom. The monoisotopic (exact) mass is 471 g/mol. The molecule has 0 spiro atoms. The molecule has 0 aromatic heterocycles. The summed E-state index contributed by atoms with van der Waals surface area (Å²) >= 11 is 1.31. The maximum atomic E-state index is 13.1. The Labute approximate surface area is 198 Å². The largest absolute Gasteiger partial charge is 0.497 e. The predicted molar refractivity (Wildman–Crippen MR) is 131 cm³/mol. The minimum atomic E-state index is -0.552. The highest BCUT2D eigenvalue weighted by Gasteiger charge is 2.39. The van der Waals surface area contributed by atoms with E-state index in [0.29, 0.717) is 48.5 Å². The fourth-order valence-electron chi connectivity index (χ4n) is 3.28. The molecule has 2 aromatic rings. The van der Waals surface area contributed by atoms with E-state index in [1.54, 1.807) is 30.2 Å². The van der Waals surface area contributed by atoms with Gasteiger partial charge in [0, 0.05) is 32.2 Å². The molecule has 0 bridgehead atoms. The number of carbonyl (C=O) groups excluding carboxylic acids is 2. The van der Waals surface area contributed by atoms with Crippen LogP contribution in [0.15, 0.2) is 53.5 Å². The van der Waals surface area contributed by atoms with Gasteiger partial charge in [0.15, 0.2) is 5.17 Å². The number of hydrogen-bond donors (Lipinski definition) is 1. The van der Waals surface area contributed by atoms with Crippen LogP contribution in [0.5, 0.6) is 11.5 Å². The van der Waals surface area contributed by atoms with Gasteiger partial charge >= 0.3 is 0 Å². The summed E-state index contributed by atoms with van der Waals surface area (Å²) in [6.07, 6.45) is 0.713. The van der Waals surface area contributed by atoms with E-state index in [4.69, 9.17) is 14.2 Å². The van der Waals surface area contributed by atoms with Crippen LogP contribution in [0.1, 0.15) is 19.8 Å². The van der Waals surface area contributed by atoms with Crippen molar-refractivity contribution in [2.45, 2.75) is 25.0 Å². The number of nitrogens with one attached hydrogen (secondary N) is 1. The number of benzene rings is 2. The zero-order chi connectivity index (χ0) is 23.6. The maximum absolute atomic E-state index is 13.1. The van der Waals surface area contributed by atoms with E-state index in [9.17, 15) is 9.59 Å². The van der Waals surface area contributed by atoms with Gasteiger partial charge in [0.25, 0.3) is 0 Å². The first kappa shape index (κ1) is 24.6. The van der Waals surface area contributed by atoms with Crippen molar-refractivity contribution in [1.29, 1.82) is 0 Å². The molecule has 1 heterocycles. The summed E-state index contributed by atoms with van der Waals surface area (Å²) < 4.78 is 15.9. The summed E-state index contributed by atoms with van der Waals surface area (Å²) in [7, 11) is 3.08. The number of hydrogen-bond acceptors (Lipinski definition) is 7. The van der Waals surface area contributed by atoms with E-state index < -0.39 is 5.25 Å². The Morgan fingerprint density at radius 2 is 1.94 bits per heavy atom. The summed E-state index contributed by atoms with van der Waals surface area (Å²) in [4.78, 5) is 32.2. The number of anilines is 1. The number of nitrogens with zero attached hydrogens (tertiary/aromatic N) is 2. The number of amides is 2. The zero-order valence-electron chi connectivity index (χ0n) is 19.1. The fraction of sp³-hybridized carbons (Fsp3) is 0.375. The van der Waals surface area contributed by atoms with Gasteiger partial charge in [-0.15, -0.1) is 0 Å². The second kappa shape index (κ2) is 12.3. The molecule has 3 rings (SSSR count). The molecule has 0 aliphatic carbocycles. The van der Waals surface area contributed by atoms with Crippen molar-refractivity contribution < 1.29 is 23.8 Å². The van der Waals surface area contributed by atoms with E-state index in [1.165, 1.54) is 18.9 Å². The Hall–Kier alpha value is -3.04. The Bertz CT molecular complexity index is 983. The van der Waals surface area contributed by atoms with Crippen molar-refractivity contribution in [3.63, 3.8) is 0 Å². The van der Waals surface area contributed by atoms with Gasteiger partial charge in [-0.3, -0.25) is 14.5 Å². The van der Waals surface area contributed by atoms with Gasteiger partial charge in [0.2, 0.25) is 11.8 Å². The minimum Gasteiger partial charge on any atom is -0.497 e. The number of ether oxygens (including phenoxy) is 3. The van der Waals surface area contributed by atoms with E-state index in [0.717, 1.165) is 5.69 Å². The summed E-state index contributed by atoms with van der Waals surface area (Å²) in [6.45, 7) is 3.62. The second-order valence-electron chi connectivity index (χ2n) is 7.20. The number of amidine groups is 1. The van der Waals surface area contributed by atoms with Gasteiger partial charge in [-0.1, -0.05) is 30.0 Å². The number of aliphatic imine (C=N–C) groups is 1. The lowest BCUT2D eigenvalue weighted by atomic mass is 10.2. The molecule has 9 heteroatoms. The van der Waals surface area contributed by atoms with Gasteiger partial charge < -0.3 is 19.5 Å². The molecule has 0 radical (unpaired) electrons. The molecule has 2 aromatic carbocycles. The first-order valence-corrected chi connectivity index (χ1v) is 11.6. The predicted octanol–water partition coefficient (Wildman–Crippen LogP) is 4.09. The highest BCUT2D eigenvalue weighted by molar-refractivity contribution is 8.15. The molecule has 8 nitrogen and oxygen atoms in total. The third kappa shape index (κ3) is 6.72. The Balaban J connectivity index is 1.71. The van der Waals surface area contributed by atoms with Gasteiger partial charge in [0.05, 0.1) is 25.6 Å². The Morgan fingerprint density at radius 1 is 1.15 bits per heavy atom. The van der Waals surface area contributed by atoms with Crippen LogP contribution < -0.4 is 14.8 Å². The van der Waals surface area contributed by atoms with E-state index in [1.807, 2.05) is 37.3 Å². The quantitative estimate of drug-likeness (QED) is 0.497. The van der Waals surface area contributed by atoms with Crippen LogP contribution in [-0.2, 0) is 14.3 Å². The smallest absolute Gasteiger partial charge is 0.242 e. The first-order valence-electron chi connectivity index (χ1n) is 10.8. The molecule has 1 aliphatic heterocycles. The van der Waals surface area contributed by atoms with E-state index >= 15 is 0 Å². The van der Waals surface area contributed by atoms with Crippen molar-refractivity contribution >= 4 is 40.1 Å².